The molecule has 1 aliphatic heterocycles. The van der Waals surface area contributed by atoms with Crippen molar-refractivity contribution in [2.45, 2.75) is 13.1 Å². The van der Waals surface area contributed by atoms with E-state index in [2.05, 4.69) is 39.5 Å². The van der Waals surface area contributed by atoms with E-state index in [9.17, 15) is 4.79 Å². The minimum atomic E-state index is 0.00464. The molecule has 0 spiro atoms. The number of benzene rings is 3. The lowest BCUT2D eigenvalue weighted by molar-refractivity contribution is 0.0785. The number of fused-ring (bicyclic) bond motifs is 1. The van der Waals surface area contributed by atoms with Crippen LogP contribution in [0.15, 0.2) is 72.8 Å². The van der Waals surface area contributed by atoms with Crippen LogP contribution in [0.4, 0.5) is 5.69 Å². The highest BCUT2D eigenvalue weighted by atomic mass is 16.5. The summed E-state index contributed by atoms with van der Waals surface area (Å²) in [7, 11) is 1.84. The predicted molar refractivity (Wildman–Crippen MR) is 128 cm³/mol. The van der Waals surface area contributed by atoms with Crippen LogP contribution in [0.25, 0.3) is 11.0 Å². The number of carbonyl (C=O) groups is 1. The Morgan fingerprint density at radius 3 is 2.39 bits per heavy atom. The average Bonchev–Trinajstić information content (AvgIpc) is 3.28. The van der Waals surface area contributed by atoms with E-state index in [1.807, 2.05) is 60.3 Å². The van der Waals surface area contributed by atoms with Crippen molar-refractivity contribution in [1.29, 1.82) is 0 Å². The molecule has 168 valence electrons. The molecule has 7 heteroatoms. The topological polar surface area (TPSA) is 63.5 Å². The molecule has 5 rings (SSSR count). The van der Waals surface area contributed by atoms with Crippen LogP contribution in [0, 0.1) is 0 Å². The predicted octanol–water partition coefficient (Wildman–Crippen LogP) is 3.59. The van der Waals surface area contributed by atoms with Gasteiger partial charge in [0.1, 0.15) is 5.52 Å². The fourth-order valence-corrected chi connectivity index (χ4v) is 4.16. The van der Waals surface area contributed by atoms with Gasteiger partial charge in [0.15, 0.2) is 0 Å². The zero-order valence-electron chi connectivity index (χ0n) is 18.7. The van der Waals surface area contributed by atoms with Gasteiger partial charge in [-0.3, -0.25) is 4.79 Å². The van der Waals surface area contributed by atoms with Crippen LogP contribution < -0.4 is 4.90 Å². The van der Waals surface area contributed by atoms with Crippen molar-refractivity contribution in [3.8, 4) is 0 Å². The molecule has 0 atom stereocenters. The summed E-state index contributed by atoms with van der Waals surface area (Å²) in [5, 5.41) is 8.44. The van der Waals surface area contributed by atoms with Crippen LogP contribution in [0.2, 0.25) is 0 Å². The Morgan fingerprint density at radius 1 is 0.939 bits per heavy atom. The van der Waals surface area contributed by atoms with Crippen LogP contribution in [0.3, 0.4) is 0 Å². The van der Waals surface area contributed by atoms with Gasteiger partial charge in [0.2, 0.25) is 0 Å². The SMILES string of the molecule is CN(Cc1ccc(N2CCOCC2)cc1)C(=O)c1ccc(Cn2nnc3ccccc32)cc1. The first-order valence-electron chi connectivity index (χ1n) is 11.2. The molecule has 2 heterocycles. The molecule has 0 saturated carbocycles. The second kappa shape index (κ2) is 9.42. The van der Waals surface area contributed by atoms with Crippen LogP contribution in [0.1, 0.15) is 21.5 Å². The summed E-state index contributed by atoms with van der Waals surface area (Å²) < 4.78 is 7.30. The smallest absolute Gasteiger partial charge is 0.253 e. The number of rotatable bonds is 6. The van der Waals surface area contributed by atoms with Gasteiger partial charge in [-0.05, 0) is 47.5 Å². The van der Waals surface area contributed by atoms with E-state index in [4.69, 9.17) is 4.74 Å². The molecular weight excluding hydrogens is 414 g/mol. The maximum atomic E-state index is 12.9. The highest BCUT2D eigenvalue weighted by Crippen LogP contribution is 2.18. The van der Waals surface area contributed by atoms with Gasteiger partial charge in [-0.2, -0.15) is 0 Å². The fourth-order valence-electron chi connectivity index (χ4n) is 4.16. The van der Waals surface area contributed by atoms with Gasteiger partial charge < -0.3 is 14.5 Å². The van der Waals surface area contributed by atoms with Crippen molar-refractivity contribution in [3.63, 3.8) is 0 Å². The average molecular weight is 442 g/mol. The number of morpholine rings is 1. The molecule has 1 fully saturated rings. The lowest BCUT2D eigenvalue weighted by Gasteiger charge is -2.29. The van der Waals surface area contributed by atoms with Crippen molar-refractivity contribution >= 4 is 22.6 Å². The summed E-state index contributed by atoms with van der Waals surface area (Å²) in [5.74, 6) is 0.00464. The Morgan fingerprint density at radius 2 is 1.64 bits per heavy atom. The minimum Gasteiger partial charge on any atom is -0.378 e. The number of para-hydroxylation sites is 1. The number of amides is 1. The Balaban J connectivity index is 1.21. The maximum absolute atomic E-state index is 12.9. The third-order valence-electron chi connectivity index (χ3n) is 6.03. The van der Waals surface area contributed by atoms with Gasteiger partial charge in [-0.1, -0.05) is 41.6 Å². The zero-order chi connectivity index (χ0) is 22.6. The highest BCUT2D eigenvalue weighted by molar-refractivity contribution is 5.94. The molecule has 7 nitrogen and oxygen atoms in total. The van der Waals surface area contributed by atoms with Crippen molar-refractivity contribution in [2.75, 3.05) is 38.3 Å². The van der Waals surface area contributed by atoms with Crippen LogP contribution in [-0.4, -0.2) is 59.2 Å². The van der Waals surface area contributed by atoms with Crippen molar-refractivity contribution in [1.82, 2.24) is 19.9 Å². The van der Waals surface area contributed by atoms with Gasteiger partial charge in [0, 0.05) is 37.9 Å². The molecule has 0 aliphatic carbocycles. The van der Waals surface area contributed by atoms with Gasteiger partial charge in [0.05, 0.1) is 25.3 Å². The first-order valence-corrected chi connectivity index (χ1v) is 11.2. The lowest BCUT2D eigenvalue weighted by atomic mass is 10.1. The number of anilines is 1. The molecule has 0 radical (unpaired) electrons. The molecule has 0 N–H and O–H groups in total. The molecule has 4 aromatic rings. The molecule has 0 bridgehead atoms. The van der Waals surface area contributed by atoms with Crippen LogP contribution in [-0.2, 0) is 17.8 Å². The van der Waals surface area contributed by atoms with E-state index in [-0.39, 0.29) is 5.91 Å². The number of nitrogens with zero attached hydrogens (tertiary/aromatic N) is 5. The van der Waals surface area contributed by atoms with Crippen LogP contribution >= 0.6 is 0 Å². The molecule has 3 aromatic carbocycles. The first-order chi connectivity index (χ1) is 16.2. The van der Waals surface area contributed by atoms with E-state index < -0.39 is 0 Å². The van der Waals surface area contributed by atoms with E-state index in [0.29, 0.717) is 18.7 Å². The normalized spacial score (nSPS) is 13.9. The van der Waals surface area contributed by atoms with E-state index in [0.717, 1.165) is 48.5 Å². The van der Waals surface area contributed by atoms with Crippen molar-refractivity contribution < 1.29 is 9.53 Å². The minimum absolute atomic E-state index is 0.00464. The standard InChI is InChI=1S/C26H27N5O2/c1-29(18-20-8-12-23(13-9-20)30-14-16-33-17-15-30)26(32)22-10-6-21(7-11-22)19-31-25-5-3-2-4-24(25)27-28-31/h2-13H,14-19H2,1H3. The first kappa shape index (κ1) is 21.2. The lowest BCUT2D eigenvalue weighted by Crippen LogP contribution is -2.36. The monoisotopic (exact) mass is 441 g/mol. The summed E-state index contributed by atoms with van der Waals surface area (Å²) >= 11 is 0. The molecule has 1 saturated heterocycles. The quantitative estimate of drug-likeness (QED) is 0.458. The van der Waals surface area contributed by atoms with E-state index in [1.165, 1.54) is 5.69 Å². The van der Waals surface area contributed by atoms with Crippen molar-refractivity contribution in [2.24, 2.45) is 0 Å². The zero-order valence-corrected chi connectivity index (χ0v) is 18.7. The van der Waals surface area contributed by atoms with E-state index in [1.54, 1.807) is 4.90 Å². The Bertz CT molecular complexity index is 1230. The summed E-state index contributed by atoms with van der Waals surface area (Å²) in [6, 6.07) is 24.1. The molecule has 33 heavy (non-hydrogen) atoms. The Hall–Kier alpha value is -3.71. The van der Waals surface area contributed by atoms with Crippen molar-refractivity contribution in [3.05, 3.63) is 89.5 Å². The molecular formula is C26H27N5O2. The number of carbonyl (C=O) groups excluding carboxylic acids is 1. The number of hydrogen-bond donors (Lipinski definition) is 0. The third kappa shape index (κ3) is 4.73. The van der Waals surface area contributed by atoms with E-state index >= 15 is 0 Å². The summed E-state index contributed by atoms with van der Waals surface area (Å²) in [6.07, 6.45) is 0. The maximum Gasteiger partial charge on any atom is 0.253 e. The molecule has 1 amide bonds. The fraction of sp³-hybridized carbons (Fsp3) is 0.269. The number of hydrogen-bond acceptors (Lipinski definition) is 5. The molecule has 1 aromatic heterocycles. The Kier molecular flexibility index (Phi) is 6.04. The largest absolute Gasteiger partial charge is 0.378 e. The number of aromatic nitrogens is 3. The second-order valence-corrected chi connectivity index (χ2v) is 8.36. The summed E-state index contributed by atoms with van der Waals surface area (Å²) in [6.45, 7) is 4.55. The highest BCUT2D eigenvalue weighted by Gasteiger charge is 2.14. The van der Waals surface area contributed by atoms with Gasteiger partial charge in [0.25, 0.3) is 5.91 Å². The van der Waals surface area contributed by atoms with Gasteiger partial charge in [-0.15, -0.1) is 5.10 Å². The summed E-state index contributed by atoms with van der Waals surface area (Å²) in [5.41, 5.74) is 5.93. The summed E-state index contributed by atoms with van der Waals surface area (Å²) in [4.78, 5) is 17.0. The molecule has 1 aliphatic rings. The number of ether oxygens (including phenoxy) is 1. The van der Waals surface area contributed by atoms with Gasteiger partial charge >= 0.3 is 0 Å². The molecule has 0 unspecified atom stereocenters. The van der Waals surface area contributed by atoms with Crippen LogP contribution in [0.5, 0.6) is 0 Å². The third-order valence-corrected chi connectivity index (χ3v) is 6.03. The second-order valence-electron chi connectivity index (χ2n) is 8.36. The van der Waals surface area contributed by atoms with Gasteiger partial charge in [-0.25, -0.2) is 4.68 Å². The Labute approximate surface area is 193 Å².